The van der Waals surface area contributed by atoms with Gasteiger partial charge in [0.05, 0.1) is 0 Å². The summed E-state index contributed by atoms with van der Waals surface area (Å²) in [7, 11) is -37.2. The van der Waals surface area contributed by atoms with Gasteiger partial charge in [-0.25, -0.2) is 4.79 Å². The second-order valence-corrected chi connectivity index (χ2v) is 51.3. The van der Waals surface area contributed by atoms with Crippen molar-refractivity contribution in [3.63, 3.8) is 0 Å². The number of carbonyl (C=O) groups is 1. The average molecular weight is 1060 g/mol. The van der Waals surface area contributed by atoms with Crippen molar-refractivity contribution in [2.75, 3.05) is 0 Å². The Bertz CT molecular complexity index is 1650. The Balaban J connectivity index is 1.18. The molecule has 6 heterocycles. The molecular weight excluding hydrogens is 985 g/mol. The Morgan fingerprint density at radius 1 is 0.385 bits per heavy atom. The molecule has 7 aliphatic carbocycles. The van der Waals surface area contributed by atoms with Crippen molar-refractivity contribution in [1.82, 2.24) is 0 Å². The minimum atomic E-state index is -4.77. The van der Waals surface area contributed by atoms with Crippen LogP contribution in [0.25, 0.3) is 0 Å². The second kappa shape index (κ2) is 17.1. The average Bonchev–Trinajstić information content (AvgIpc) is 4.11. The van der Waals surface area contributed by atoms with E-state index in [1.807, 2.05) is 13.1 Å². The van der Waals surface area contributed by atoms with Gasteiger partial charge in [0, 0.05) is 44.4 Å². The largest absolute Gasteiger partial charge is 0.648 e. The molecule has 364 valence electrons. The predicted octanol–water partition coefficient (Wildman–Crippen LogP) is 10.7. The summed E-state index contributed by atoms with van der Waals surface area (Å²) in [5.41, 5.74) is -0.209. The third-order valence-electron chi connectivity index (χ3n) is 17.4. The molecule has 0 atom stereocenters. The van der Waals surface area contributed by atoms with Crippen molar-refractivity contribution in [2.24, 2.45) is 0 Å². The lowest BCUT2D eigenvalue weighted by atomic mass is 10.4. The van der Waals surface area contributed by atoms with Crippen LogP contribution in [0.4, 0.5) is 0 Å². The van der Waals surface area contributed by atoms with E-state index in [0.717, 1.165) is 180 Å². The van der Waals surface area contributed by atoms with Crippen LogP contribution in [0.3, 0.4) is 0 Å². The van der Waals surface area contributed by atoms with Crippen molar-refractivity contribution in [3.8, 4) is 0 Å². The van der Waals surface area contributed by atoms with Gasteiger partial charge in [-0.1, -0.05) is 96.5 Å². The van der Waals surface area contributed by atoms with Crippen LogP contribution in [0.5, 0.6) is 0 Å². The fraction of sp³-hybridized carbons (Fsp3) is 0.927. The summed E-state index contributed by atoms with van der Waals surface area (Å²) < 4.78 is 114. The highest BCUT2D eigenvalue weighted by Gasteiger charge is 2.89. The monoisotopic (exact) mass is 1060 g/mol. The van der Waals surface area contributed by atoms with Gasteiger partial charge in [-0.05, 0) is 110 Å². The molecule has 13 aliphatic rings. The van der Waals surface area contributed by atoms with Gasteiger partial charge >= 0.3 is 85.2 Å². The van der Waals surface area contributed by atoms with Crippen LogP contribution in [0.2, 0.25) is 51.9 Å². The van der Waals surface area contributed by atoms with Crippen molar-refractivity contribution < 1.29 is 62.7 Å². The maximum atomic E-state index is 13.6. The third kappa shape index (κ3) is 7.95. The Hall–Kier alpha value is 0.642. The molecule has 6 aliphatic heterocycles. The Labute approximate surface area is 396 Å². The number of hydrogen-bond donors (Lipinski definition) is 0. The van der Waals surface area contributed by atoms with Gasteiger partial charge in [0.15, 0.2) is 0 Å². The predicted molar refractivity (Wildman–Crippen MR) is 254 cm³/mol. The molecule has 13 fully saturated rings. The lowest BCUT2D eigenvalue weighted by Gasteiger charge is -2.66. The molecule has 0 amide bonds. The first-order chi connectivity index (χ1) is 31.3. The van der Waals surface area contributed by atoms with Gasteiger partial charge in [-0.15, -0.1) is 0 Å². The zero-order valence-corrected chi connectivity index (χ0v) is 48.2. The van der Waals surface area contributed by atoms with Crippen LogP contribution in [-0.2, 0) is 62.7 Å². The highest BCUT2D eigenvalue weighted by Crippen LogP contribution is 2.66. The van der Waals surface area contributed by atoms with E-state index < -0.39 is 85.2 Å². The minimum absolute atomic E-state index is 0.00566. The molecule has 0 aromatic rings. The van der Waals surface area contributed by atoms with E-state index in [1.54, 1.807) is 6.92 Å². The summed E-state index contributed by atoms with van der Waals surface area (Å²) in [5.74, 6) is -0.526. The zero-order chi connectivity index (χ0) is 44.4. The van der Waals surface area contributed by atoms with Crippen molar-refractivity contribution in [2.45, 2.75) is 239 Å². The third-order valence-corrected chi connectivity index (χ3v) is 59.0. The van der Waals surface area contributed by atoms with E-state index in [9.17, 15) is 4.79 Å². The summed E-state index contributed by atoms with van der Waals surface area (Å²) in [4.78, 5) is 13.6. The van der Waals surface area contributed by atoms with E-state index in [-0.39, 0.29) is 44.4 Å². The Kier molecular flexibility index (Phi) is 12.3. The summed E-state index contributed by atoms with van der Waals surface area (Å²) in [6.07, 6.45) is 26.9. The quantitative estimate of drug-likeness (QED) is 0.143. The van der Waals surface area contributed by atoms with Crippen LogP contribution >= 0.6 is 0 Å². The second-order valence-electron chi connectivity index (χ2n) is 22.5. The minimum Gasteiger partial charge on any atom is -0.492 e. The molecule has 15 nitrogen and oxygen atoms in total. The zero-order valence-electron chi connectivity index (χ0n) is 39.2. The molecule has 0 aromatic carbocycles. The lowest BCUT2D eigenvalue weighted by molar-refractivity contribution is -0.132. The van der Waals surface area contributed by atoms with Gasteiger partial charge in [0.1, 0.15) is 0 Å². The van der Waals surface area contributed by atoms with E-state index in [1.165, 1.54) is 0 Å². The lowest BCUT2D eigenvalue weighted by Crippen LogP contribution is -2.91. The summed E-state index contributed by atoms with van der Waals surface area (Å²) in [6.45, 7) is 9.34. The van der Waals surface area contributed by atoms with E-state index in [2.05, 4.69) is 6.58 Å². The molecular formula is C41H74O15Si9. The molecule has 0 spiro atoms. The van der Waals surface area contributed by atoms with Crippen LogP contribution < -0.4 is 0 Å². The van der Waals surface area contributed by atoms with Crippen molar-refractivity contribution in [1.29, 1.82) is 0 Å². The molecule has 65 heavy (non-hydrogen) atoms. The van der Waals surface area contributed by atoms with Crippen LogP contribution in [-0.4, -0.2) is 85.2 Å². The molecule has 0 unspecified atom stereocenters. The van der Waals surface area contributed by atoms with E-state index in [4.69, 9.17) is 57.9 Å². The van der Waals surface area contributed by atoms with E-state index >= 15 is 0 Å². The fourth-order valence-electron chi connectivity index (χ4n) is 14.2. The molecule has 8 bridgehead atoms. The number of hydrogen-bond acceptors (Lipinski definition) is 15. The maximum absolute atomic E-state index is 13.6. The normalized spacial score (nSPS) is 46.0. The number of rotatable bonds is 11. The smallest absolute Gasteiger partial charge is 0.492 e. The first-order valence-corrected chi connectivity index (χ1v) is 43.3. The van der Waals surface area contributed by atoms with Gasteiger partial charge in [-0.3, -0.25) is 0 Å². The highest BCUT2D eigenvalue weighted by atomic mass is 28.6. The highest BCUT2D eigenvalue weighted by molar-refractivity contribution is 7.04. The summed E-state index contributed by atoms with van der Waals surface area (Å²) in [5, 5.41) is 0. The molecule has 0 N–H and O–H groups in total. The Morgan fingerprint density at radius 2 is 0.569 bits per heavy atom. The number of carbonyl (C=O) groups excluding carboxylic acids is 1. The van der Waals surface area contributed by atoms with E-state index in [0.29, 0.717) is 0 Å². The van der Waals surface area contributed by atoms with Gasteiger partial charge < -0.3 is 57.9 Å². The fourth-order valence-corrected chi connectivity index (χ4v) is 72.3. The molecule has 6 saturated heterocycles. The first kappa shape index (κ1) is 46.7. The molecule has 0 radical (unpaired) electrons. The molecule has 24 heteroatoms. The van der Waals surface area contributed by atoms with Gasteiger partial charge in [0.25, 0.3) is 0 Å². The topological polar surface area (TPSA) is 146 Å². The van der Waals surface area contributed by atoms with Gasteiger partial charge in [0.2, 0.25) is 0 Å². The molecule has 0 aromatic heterocycles. The molecule has 13 rings (SSSR count). The first-order valence-electron chi connectivity index (χ1n) is 26.3. The standard InChI is InChI=1S/C41H74O15Si9/c1-33(2)41(42)43-57(3,4)44-65-54-62(38-27-13-14-28-38)48-59(35-21-7-8-22-35)45-58(34-19-5-6-20-34)46-60(50-62,36-23-9-10-24-36)52-64(56-65,40-31-17-18-32-40)53-61(47-58,37-25-11-12-26-37)51-63(49-59,55-65)39-29-15-16-30-39/h34-40H,1,5-32H2,2-4H3. The molecule has 7 saturated carbocycles. The van der Waals surface area contributed by atoms with Crippen LogP contribution in [0, 0.1) is 0 Å². The SMILES string of the molecule is C=C(C)C(=O)O[Si](C)(C)O[Si]12O[Si]3(C4CCCC4)O[Si]4(C5CCCC5)O[Si](C5CCCC5)(O1)O[Si]1(C5CCCC5)O[Si](C5CCCC5)(O2)O[Si](C2CCCC2)(O3)O[Si](C2CCCC2)(O4)O1. The van der Waals surface area contributed by atoms with Crippen LogP contribution in [0.15, 0.2) is 12.2 Å². The van der Waals surface area contributed by atoms with Gasteiger partial charge in [-0.2, -0.15) is 0 Å². The maximum Gasteiger partial charge on any atom is 0.648 e. The summed E-state index contributed by atoms with van der Waals surface area (Å²) in [6, 6.07) is 0. The van der Waals surface area contributed by atoms with Crippen molar-refractivity contribution >= 4 is 85.2 Å². The van der Waals surface area contributed by atoms with Crippen LogP contribution in [0.1, 0.15) is 187 Å². The Morgan fingerprint density at radius 3 is 0.754 bits per heavy atom. The summed E-state index contributed by atoms with van der Waals surface area (Å²) >= 11 is 0. The van der Waals surface area contributed by atoms with Crippen molar-refractivity contribution in [3.05, 3.63) is 12.2 Å².